The number of hydrogen-bond donors (Lipinski definition) is 0. The molecule has 0 aliphatic carbocycles. The molecule has 33 heavy (non-hydrogen) atoms. The van der Waals surface area contributed by atoms with Gasteiger partial charge in [0.25, 0.3) is 5.91 Å². The van der Waals surface area contributed by atoms with Gasteiger partial charge < -0.3 is 14.5 Å². The van der Waals surface area contributed by atoms with Crippen molar-refractivity contribution >= 4 is 18.0 Å². The number of carbonyl (C=O) groups is 2. The summed E-state index contributed by atoms with van der Waals surface area (Å²) in [5, 5.41) is 0. The van der Waals surface area contributed by atoms with Crippen LogP contribution in [0, 0.1) is 5.92 Å². The summed E-state index contributed by atoms with van der Waals surface area (Å²) in [4.78, 5) is 34.1. The first kappa shape index (κ1) is 24.6. The Kier molecular flexibility index (Phi) is 8.78. The largest absolute Gasteiger partial charge is 0.465 e. The van der Waals surface area contributed by atoms with Gasteiger partial charge in [-0.2, -0.15) is 0 Å². The van der Waals surface area contributed by atoms with E-state index in [1.807, 2.05) is 23.1 Å². The minimum absolute atomic E-state index is 0.0664. The van der Waals surface area contributed by atoms with Gasteiger partial charge in [-0.15, -0.1) is 0 Å². The Morgan fingerprint density at radius 3 is 2.42 bits per heavy atom. The molecular formula is C27H35N3O3. The molecule has 0 atom stereocenters. The van der Waals surface area contributed by atoms with E-state index in [2.05, 4.69) is 30.3 Å². The molecule has 1 aliphatic rings. The van der Waals surface area contributed by atoms with Gasteiger partial charge in [0.15, 0.2) is 0 Å². The lowest BCUT2D eigenvalue weighted by Gasteiger charge is -2.38. The molecule has 3 rings (SSSR count). The number of hydrogen-bond acceptors (Lipinski definition) is 5. The first-order valence-corrected chi connectivity index (χ1v) is 11.7. The van der Waals surface area contributed by atoms with Crippen LogP contribution in [0.5, 0.6) is 0 Å². The van der Waals surface area contributed by atoms with E-state index in [1.54, 1.807) is 30.5 Å². The zero-order chi connectivity index (χ0) is 23.8. The van der Waals surface area contributed by atoms with E-state index in [9.17, 15) is 9.59 Å². The number of ether oxygens (including phenoxy) is 1. The molecule has 6 nitrogen and oxygen atoms in total. The van der Waals surface area contributed by atoms with E-state index in [0.717, 1.165) is 43.6 Å². The van der Waals surface area contributed by atoms with Crippen molar-refractivity contribution in [2.45, 2.75) is 45.7 Å². The number of amides is 1. The number of methoxy groups -OCH3 is 1. The average molecular weight is 450 g/mol. The lowest BCUT2D eigenvalue weighted by Crippen LogP contribution is -2.47. The number of esters is 1. The van der Waals surface area contributed by atoms with Gasteiger partial charge in [-0.25, -0.2) is 4.79 Å². The number of aromatic nitrogens is 1. The topological polar surface area (TPSA) is 62.7 Å². The van der Waals surface area contributed by atoms with Crippen LogP contribution in [-0.2, 0) is 11.3 Å². The lowest BCUT2D eigenvalue weighted by atomic mass is 10.00. The molecule has 0 spiro atoms. The minimum atomic E-state index is -0.366. The van der Waals surface area contributed by atoms with E-state index in [0.29, 0.717) is 23.7 Å². The van der Waals surface area contributed by atoms with Crippen LogP contribution < -0.4 is 0 Å². The molecule has 1 fully saturated rings. The smallest absolute Gasteiger partial charge is 0.337 e. The van der Waals surface area contributed by atoms with Crippen LogP contribution in [0.1, 0.15) is 65.1 Å². The summed E-state index contributed by atoms with van der Waals surface area (Å²) < 4.78 is 4.79. The fourth-order valence-corrected chi connectivity index (χ4v) is 4.12. The van der Waals surface area contributed by atoms with Crippen molar-refractivity contribution in [3.8, 4) is 0 Å². The van der Waals surface area contributed by atoms with Gasteiger partial charge in [0.2, 0.25) is 0 Å². The molecule has 2 heterocycles. The molecular weight excluding hydrogens is 414 g/mol. The van der Waals surface area contributed by atoms with Crippen LogP contribution in [-0.4, -0.2) is 59.4 Å². The van der Waals surface area contributed by atoms with Crippen LogP contribution in [0.25, 0.3) is 6.08 Å². The Bertz CT molecular complexity index is 930. The number of benzene rings is 1. The molecule has 0 N–H and O–H groups in total. The maximum Gasteiger partial charge on any atom is 0.337 e. The van der Waals surface area contributed by atoms with Crippen molar-refractivity contribution in [1.29, 1.82) is 0 Å². The Morgan fingerprint density at radius 1 is 1.18 bits per heavy atom. The van der Waals surface area contributed by atoms with Crippen LogP contribution >= 0.6 is 0 Å². The fraction of sp³-hybridized carbons (Fsp3) is 0.444. The molecule has 6 heteroatoms. The lowest BCUT2D eigenvalue weighted by molar-refractivity contribution is 0.0538. The van der Waals surface area contributed by atoms with E-state index in [1.165, 1.54) is 13.5 Å². The third-order valence-electron chi connectivity index (χ3n) is 6.25. The van der Waals surface area contributed by atoms with Crippen molar-refractivity contribution < 1.29 is 14.3 Å². The highest BCUT2D eigenvalue weighted by molar-refractivity contribution is 5.92. The van der Waals surface area contributed by atoms with E-state index in [4.69, 9.17) is 4.74 Å². The molecule has 0 radical (unpaired) electrons. The van der Waals surface area contributed by atoms with Gasteiger partial charge in [0, 0.05) is 31.9 Å². The summed E-state index contributed by atoms with van der Waals surface area (Å²) in [5.74, 6) is 0.261. The highest BCUT2D eigenvalue weighted by atomic mass is 16.5. The van der Waals surface area contributed by atoms with Crippen molar-refractivity contribution in [3.05, 3.63) is 71.6 Å². The Balaban J connectivity index is 1.76. The zero-order valence-electron chi connectivity index (χ0n) is 20.0. The summed E-state index contributed by atoms with van der Waals surface area (Å²) in [6.07, 6.45) is 6.47. The van der Waals surface area contributed by atoms with Crippen molar-refractivity contribution in [1.82, 2.24) is 14.8 Å². The maximum atomic E-state index is 13.5. The van der Waals surface area contributed by atoms with E-state index < -0.39 is 0 Å². The molecule has 1 aromatic carbocycles. The second-order valence-electron chi connectivity index (χ2n) is 9.06. The van der Waals surface area contributed by atoms with Crippen molar-refractivity contribution in [2.24, 2.45) is 5.92 Å². The molecule has 1 aromatic heterocycles. The van der Waals surface area contributed by atoms with Gasteiger partial charge in [-0.05, 0) is 61.1 Å². The van der Waals surface area contributed by atoms with E-state index >= 15 is 0 Å². The summed E-state index contributed by atoms with van der Waals surface area (Å²) in [7, 11) is 1.37. The maximum absolute atomic E-state index is 13.5. The van der Waals surface area contributed by atoms with Gasteiger partial charge in [-0.1, -0.05) is 44.7 Å². The number of piperidine rings is 1. The quantitative estimate of drug-likeness (QED) is 0.521. The molecule has 176 valence electrons. The number of rotatable bonds is 9. The first-order valence-electron chi connectivity index (χ1n) is 11.7. The Labute approximate surface area is 197 Å². The fourth-order valence-electron chi connectivity index (χ4n) is 4.12. The number of pyridine rings is 1. The molecule has 1 amide bonds. The van der Waals surface area contributed by atoms with Gasteiger partial charge in [0.05, 0.1) is 12.7 Å². The van der Waals surface area contributed by atoms with Gasteiger partial charge in [0.1, 0.15) is 5.69 Å². The van der Waals surface area contributed by atoms with Crippen LogP contribution in [0.2, 0.25) is 0 Å². The highest BCUT2D eigenvalue weighted by Crippen LogP contribution is 2.22. The second kappa shape index (κ2) is 11.8. The van der Waals surface area contributed by atoms with Crippen molar-refractivity contribution in [2.75, 3.05) is 26.7 Å². The molecule has 2 aromatic rings. The standard InChI is InChI=1S/C27H35N3O3/c1-5-21-8-11-25(28-18-21)26(31)30(19-22-6-9-23(10-7-22)27(32)33-4)24-13-16-29(17-14-24)15-12-20(2)3/h5-11,18,20,24H,1,12-17,19H2,2-4H3. The van der Waals surface area contributed by atoms with E-state index in [-0.39, 0.29) is 17.9 Å². The summed E-state index contributed by atoms with van der Waals surface area (Å²) in [6, 6.07) is 11.0. The third-order valence-corrected chi connectivity index (χ3v) is 6.25. The minimum Gasteiger partial charge on any atom is -0.465 e. The summed E-state index contributed by atoms with van der Waals surface area (Å²) in [5.41, 5.74) is 2.80. The van der Waals surface area contributed by atoms with Crippen molar-refractivity contribution in [3.63, 3.8) is 0 Å². The molecule has 1 saturated heterocycles. The number of likely N-dealkylation sites (tertiary alicyclic amines) is 1. The molecule has 0 saturated carbocycles. The molecule has 0 unspecified atom stereocenters. The van der Waals surface area contributed by atoms with Gasteiger partial charge in [-0.3, -0.25) is 9.78 Å². The zero-order valence-corrected chi connectivity index (χ0v) is 20.0. The number of nitrogens with zero attached hydrogens (tertiary/aromatic N) is 3. The second-order valence-corrected chi connectivity index (χ2v) is 9.06. The van der Waals surface area contributed by atoms with Crippen LogP contribution in [0.15, 0.2) is 49.2 Å². The highest BCUT2D eigenvalue weighted by Gasteiger charge is 2.29. The first-order chi connectivity index (χ1) is 15.9. The Morgan fingerprint density at radius 2 is 1.88 bits per heavy atom. The third kappa shape index (κ3) is 6.75. The predicted octanol–water partition coefficient (Wildman–Crippen LogP) is 4.66. The normalized spacial score (nSPS) is 14.8. The SMILES string of the molecule is C=Cc1ccc(C(=O)N(Cc2ccc(C(=O)OC)cc2)C2CCN(CCC(C)C)CC2)nc1. The average Bonchev–Trinajstić information content (AvgIpc) is 2.86. The number of carbonyl (C=O) groups excluding carboxylic acids is 2. The predicted molar refractivity (Wildman–Crippen MR) is 131 cm³/mol. The summed E-state index contributed by atoms with van der Waals surface area (Å²) in [6.45, 7) is 11.8. The monoisotopic (exact) mass is 449 g/mol. The Hall–Kier alpha value is -2.99. The van der Waals surface area contributed by atoms with Crippen LogP contribution in [0.4, 0.5) is 0 Å². The summed E-state index contributed by atoms with van der Waals surface area (Å²) >= 11 is 0. The van der Waals surface area contributed by atoms with Crippen LogP contribution in [0.3, 0.4) is 0 Å². The van der Waals surface area contributed by atoms with Gasteiger partial charge >= 0.3 is 5.97 Å². The molecule has 0 bridgehead atoms. The molecule has 1 aliphatic heterocycles.